The largest absolute Gasteiger partial charge is 0.490 e. The number of aliphatic hydroxyl groups is 1. The predicted octanol–water partition coefficient (Wildman–Crippen LogP) is 1.12. The molecule has 1 amide bonds. The molecule has 2 rings (SSSR count). The molecule has 1 aromatic carbocycles. The van der Waals surface area contributed by atoms with Gasteiger partial charge in [-0.1, -0.05) is 12.1 Å². The predicted molar refractivity (Wildman–Crippen MR) is 81.2 cm³/mol. The van der Waals surface area contributed by atoms with Gasteiger partial charge in [0.15, 0.2) is 11.6 Å². The first-order valence-electron chi connectivity index (χ1n) is 7.62. The van der Waals surface area contributed by atoms with E-state index in [1.807, 2.05) is 0 Å². The molecule has 0 saturated carbocycles. The van der Waals surface area contributed by atoms with Gasteiger partial charge in [0.25, 0.3) is 0 Å². The monoisotopic (exact) mass is 310 g/mol. The van der Waals surface area contributed by atoms with E-state index in [0.717, 1.165) is 13.1 Å². The highest BCUT2D eigenvalue weighted by molar-refractivity contribution is 5.76. The van der Waals surface area contributed by atoms with Crippen LogP contribution in [0.25, 0.3) is 0 Å². The van der Waals surface area contributed by atoms with Gasteiger partial charge in [0.05, 0.1) is 19.1 Å². The molecule has 0 unspecified atom stereocenters. The Morgan fingerprint density at radius 2 is 2.00 bits per heavy atom. The number of amides is 1. The van der Waals surface area contributed by atoms with E-state index in [-0.39, 0.29) is 30.8 Å². The fraction of sp³-hybridized carbons (Fsp3) is 0.562. The third kappa shape index (κ3) is 4.96. The molecular weight excluding hydrogens is 287 g/mol. The Kier molecular flexibility index (Phi) is 6.15. The quantitative estimate of drug-likeness (QED) is 0.855. The molecule has 0 aromatic heterocycles. The second-order valence-corrected chi connectivity index (χ2v) is 5.56. The summed E-state index contributed by atoms with van der Waals surface area (Å²) in [4.78, 5) is 16.0. The van der Waals surface area contributed by atoms with E-state index in [2.05, 4.69) is 4.90 Å². The van der Waals surface area contributed by atoms with E-state index >= 15 is 0 Å². The zero-order chi connectivity index (χ0) is 15.9. The molecule has 1 N–H and O–H groups in total. The number of para-hydroxylation sites is 1. The lowest BCUT2D eigenvalue weighted by Crippen LogP contribution is -2.50. The second kappa shape index (κ2) is 8.10. The highest BCUT2D eigenvalue weighted by Gasteiger charge is 2.21. The fourth-order valence-electron chi connectivity index (χ4n) is 2.52. The lowest BCUT2D eigenvalue weighted by molar-refractivity contribution is -0.133. The lowest BCUT2D eigenvalue weighted by Gasteiger charge is -2.35. The topological polar surface area (TPSA) is 53.0 Å². The fourth-order valence-corrected chi connectivity index (χ4v) is 2.52. The molecule has 0 bridgehead atoms. The third-order valence-corrected chi connectivity index (χ3v) is 3.66. The van der Waals surface area contributed by atoms with Crippen LogP contribution in [0.1, 0.15) is 13.3 Å². The molecule has 22 heavy (non-hydrogen) atoms. The number of benzene rings is 1. The van der Waals surface area contributed by atoms with Gasteiger partial charge in [-0.05, 0) is 19.1 Å². The molecule has 1 atom stereocenters. The van der Waals surface area contributed by atoms with Crippen LogP contribution in [0.3, 0.4) is 0 Å². The Morgan fingerprint density at radius 1 is 1.32 bits per heavy atom. The lowest BCUT2D eigenvalue weighted by atomic mass is 10.2. The maximum Gasteiger partial charge on any atom is 0.226 e. The van der Waals surface area contributed by atoms with E-state index in [9.17, 15) is 14.3 Å². The van der Waals surface area contributed by atoms with Gasteiger partial charge in [-0.15, -0.1) is 0 Å². The summed E-state index contributed by atoms with van der Waals surface area (Å²) in [6, 6.07) is 6.18. The van der Waals surface area contributed by atoms with Crippen molar-refractivity contribution in [2.24, 2.45) is 0 Å². The van der Waals surface area contributed by atoms with Gasteiger partial charge in [-0.25, -0.2) is 4.39 Å². The third-order valence-electron chi connectivity index (χ3n) is 3.66. The van der Waals surface area contributed by atoms with Crippen molar-refractivity contribution in [2.45, 2.75) is 19.4 Å². The summed E-state index contributed by atoms with van der Waals surface area (Å²) >= 11 is 0. The number of carbonyl (C=O) groups is 1. The van der Waals surface area contributed by atoms with Gasteiger partial charge in [0.1, 0.15) is 0 Å². The molecule has 6 heteroatoms. The van der Waals surface area contributed by atoms with E-state index < -0.39 is 5.82 Å². The van der Waals surface area contributed by atoms with Crippen LogP contribution >= 0.6 is 0 Å². The van der Waals surface area contributed by atoms with Crippen molar-refractivity contribution in [2.75, 3.05) is 39.3 Å². The first kappa shape index (κ1) is 16.7. The summed E-state index contributed by atoms with van der Waals surface area (Å²) in [7, 11) is 0. The number of carbonyl (C=O) groups excluding carboxylic acids is 1. The highest BCUT2D eigenvalue weighted by Crippen LogP contribution is 2.15. The van der Waals surface area contributed by atoms with Crippen molar-refractivity contribution < 1.29 is 19.0 Å². The van der Waals surface area contributed by atoms with Crippen LogP contribution < -0.4 is 4.74 Å². The number of hydrogen-bond donors (Lipinski definition) is 1. The molecule has 0 aliphatic carbocycles. The van der Waals surface area contributed by atoms with Crippen LogP contribution in [0.15, 0.2) is 24.3 Å². The number of ether oxygens (including phenoxy) is 1. The van der Waals surface area contributed by atoms with Crippen LogP contribution in [0.2, 0.25) is 0 Å². The molecule has 1 fully saturated rings. The number of piperazine rings is 1. The first-order chi connectivity index (χ1) is 10.6. The maximum atomic E-state index is 13.4. The standard InChI is InChI=1S/C16H23FN2O3/c1-13(20)12-18-7-9-19(10-8-18)16(21)6-11-22-15-5-3-2-4-14(15)17/h2-5,13,20H,6-12H2,1H3/t13-/m1/s1. The van der Waals surface area contributed by atoms with E-state index in [1.165, 1.54) is 6.07 Å². The molecular formula is C16H23FN2O3. The minimum Gasteiger partial charge on any atom is -0.490 e. The van der Waals surface area contributed by atoms with Gasteiger partial charge in [-0.2, -0.15) is 0 Å². The van der Waals surface area contributed by atoms with E-state index in [1.54, 1.807) is 30.0 Å². The molecule has 122 valence electrons. The van der Waals surface area contributed by atoms with Crippen molar-refractivity contribution in [1.29, 1.82) is 0 Å². The van der Waals surface area contributed by atoms with Gasteiger partial charge in [0.2, 0.25) is 5.91 Å². The Hall–Kier alpha value is -1.66. The summed E-state index contributed by atoms with van der Waals surface area (Å²) in [5.41, 5.74) is 0. The Labute approximate surface area is 130 Å². The molecule has 5 nitrogen and oxygen atoms in total. The van der Waals surface area contributed by atoms with E-state index in [4.69, 9.17) is 4.74 Å². The van der Waals surface area contributed by atoms with Crippen LogP contribution in [0, 0.1) is 5.82 Å². The minimum atomic E-state index is -0.415. The molecule has 1 aliphatic rings. The summed E-state index contributed by atoms with van der Waals surface area (Å²) in [5.74, 6) is -0.216. The summed E-state index contributed by atoms with van der Waals surface area (Å²) < 4.78 is 18.7. The number of aliphatic hydroxyl groups excluding tert-OH is 1. The smallest absolute Gasteiger partial charge is 0.226 e. The number of β-amino-alcohol motifs (C(OH)–C–C–N with tert-alkyl or cyclic N) is 1. The normalized spacial score (nSPS) is 17.3. The van der Waals surface area contributed by atoms with Crippen molar-refractivity contribution in [3.63, 3.8) is 0 Å². The molecule has 1 aromatic rings. The molecule has 1 heterocycles. The molecule has 0 radical (unpaired) electrons. The highest BCUT2D eigenvalue weighted by atomic mass is 19.1. The summed E-state index contributed by atoms with van der Waals surface area (Å²) in [6.45, 7) is 5.43. The summed E-state index contributed by atoms with van der Waals surface area (Å²) in [5, 5.41) is 9.36. The number of halogens is 1. The second-order valence-electron chi connectivity index (χ2n) is 5.56. The SMILES string of the molecule is C[C@@H](O)CN1CCN(C(=O)CCOc2ccccc2F)CC1. The number of rotatable bonds is 6. The average Bonchev–Trinajstić information content (AvgIpc) is 2.49. The maximum absolute atomic E-state index is 13.4. The Morgan fingerprint density at radius 3 is 2.64 bits per heavy atom. The van der Waals surface area contributed by atoms with Gasteiger partial charge in [-0.3, -0.25) is 9.69 Å². The molecule has 1 aliphatic heterocycles. The molecule has 1 saturated heterocycles. The molecule has 0 spiro atoms. The van der Waals surface area contributed by atoms with Crippen LogP contribution in [0.4, 0.5) is 4.39 Å². The van der Waals surface area contributed by atoms with Crippen LogP contribution in [0.5, 0.6) is 5.75 Å². The number of hydrogen-bond acceptors (Lipinski definition) is 4. The van der Waals surface area contributed by atoms with Crippen molar-refractivity contribution in [1.82, 2.24) is 9.80 Å². The zero-order valence-corrected chi connectivity index (χ0v) is 12.9. The van der Waals surface area contributed by atoms with Crippen molar-refractivity contribution >= 4 is 5.91 Å². The average molecular weight is 310 g/mol. The van der Waals surface area contributed by atoms with Crippen molar-refractivity contribution in [3.05, 3.63) is 30.1 Å². The number of nitrogens with zero attached hydrogens (tertiary/aromatic N) is 2. The van der Waals surface area contributed by atoms with Gasteiger partial charge < -0.3 is 14.7 Å². The Bertz CT molecular complexity index is 488. The van der Waals surface area contributed by atoms with Crippen LogP contribution in [-0.4, -0.2) is 66.2 Å². The van der Waals surface area contributed by atoms with Gasteiger partial charge >= 0.3 is 0 Å². The van der Waals surface area contributed by atoms with Crippen molar-refractivity contribution in [3.8, 4) is 5.75 Å². The van der Waals surface area contributed by atoms with Crippen LogP contribution in [-0.2, 0) is 4.79 Å². The zero-order valence-electron chi connectivity index (χ0n) is 12.9. The summed E-state index contributed by atoms with van der Waals surface area (Å²) in [6.07, 6.45) is -0.110. The van der Waals surface area contributed by atoms with E-state index in [0.29, 0.717) is 19.6 Å². The Balaban J connectivity index is 1.69. The minimum absolute atomic E-state index is 0.0213. The first-order valence-corrected chi connectivity index (χ1v) is 7.62. The van der Waals surface area contributed by atoms with Gasteiger partial charge in [0, 0.05) is 32.7 Å².